The highest BCUT2D eigenvalue weighted by Gasteiger charge is 2.32. The van der Waals surface area contributed by atoms with Gasteiger partial charge in [0, 0.05) is 21.6 Å². The topological polar surface area (TPSA) is 36.4 Å². The monoisotopic (exact) mass is 593 g/mol. The molecular weight excluding hydrogens is 558 g/mol. The zero-order chi connectivity index (χ0) is 29.7. The van der Waals surface area contributed by atoms with Crippen LogP contribution in [0.1, 0.15) is 31.9 Å². The lowest BCUT2D eigenvalue weighted by Gasteiger charge is -2.34. The number of halogens is 3. The minimum absolute atomic E-state index is 0.204. The highest BCUT2D eigenvalue weighted by atomic mass is 32.1. The molecule has 1 atom stereocenters. The van der Waals surface area contributed by atoms with Crippen LogP contribution < -0.4 is 26.5 Å². The molecule has 0 unspecified atom stereocenters. The van der Waals surface area contributed by atoms with Gasteiger partial charge in [0.15, 0.2) is 5.11 Å². The summed E-state index contributed by atoms with van der Waals surface area (Å²) in [5, 5.41) is 10.0. The van der Waals surface area contributed by atoms with Crippen molar-refractivity contribution < 1.29 is 13.2 Å². The first-order valence-corrected chi connectivity index (χ1v) is 15.6. The Hall–Kier alpha value is -3.41. The van der Waals surface area contributed by atoms with E-state index in [4.69, 9.17) is 17.0 Å². The van der Waals surface area contributed by atoms with Crippen molar-refractivity contribution in [2.75, 3.05) is 11.9 Å². The molecule has 214 valence electrons. The molecule has 0 fully saturated rings. The predicted molar refractivity (Wildman–Crippen MR) is 171 cm³/mol. The maximum atomic E-state index is 13.4. The third kappa shape index (κ3) is 7.46. The molecule has 0 aliphatic heterocycles. The second-order valence-corrected chi connectivity index (χ2v) is 14.6. The average Bonchev–Trinajstić information content (AvgIpc) is 2.93. The molecule has 0 saturated heterocycles. The Morgan fingerprint density at radius 1 is 0.780 bits per heavy atom. The summed E-state index contributed by atoms with van der Waals surface area (Å²) in [5.41, 5.74) is -0.193. The van der Waals surface area contributed by atoms with Gasteiger partial charge in [0.2, 0.25) is 0 Å². The van der Waals surface area contributed by atoms with Crippen LogP contribution in [0, 0.1) is 12.3 Å². The van der Waals surface area contributed by atoms with Crippen LogP contribution in [0.5, 0.6) is 0 Å². The van der Waals surface area contributed by atoms with E-state index in [2.05, 4.69) is 67.8 Å². The first kappa shape index (κ1) is 30.5. The van der Waals surface area contributed by atoms with Crippen LogP contribution in [0.15, 0.2) is 114 Å². The zero-order valence-corrected chi connectivity index (χ0v) is 25.3. The van der Waals surface area contributed by atoms with Gasteiger partial charge in [-0.05, 0) is 48.3 Å². The Morgan fingerprint density at radius 3 is 1.66 bits per heavy atom. The third-order valence-electron chi connectivity index (χ3n) is 6.88. The number of anilines is 1. The molecule has 4 rings (SSSR count). The van der Waals surface area contributed by atoms with E-state index in [1.807, 2.05) is 54.6 Å². The Morgan fingerprint density at radius 2 is 1.24 bits per heavy atom. The molecule has 0 radical (unpaired) electrons. The van der Waals surface area contributed by atoms with Crippen molar-refractivity contribution >= 4 is 46.0 Å². The van der Waals surface area contributed by atoms with Gasteiger partial charge >= 0.3 is 6.18 Å². The van der Waals surface area contributed by atoms with Crippen molar-refractivity contribution in [3.63, 3.8) is 0 Å². The molecule has 3 nitrogen and oxygen atoms in total. The van der Waals surface area contributed by atoms with Crippen molar-refractivity contribution in [2.24, 2.45) is 10.2 Å². The highest BCUT2D eigenvalue weighted by Crippen LogP contribution is 2.46. The summed E-state index contributed by atoms with van der Waals surface area (Å²) in [7, 11) is -2.42. The van der Waals surface area contributed by atoms with Crippen molar-refractivity contribution in [3.05, 3.63) is 120 Å². The molecule has 0 aliphatic carbocycles. The first-order valence-electron chi connectivity index (χ1n) is 13.4. The van der Waals surface area contributed by atoms with Crippen LogP contribution in [0.2, 0.25) is 0 Å². The Balaban J connectivity index is 1.74. The van der Waals surface area contributed by atoms with Crippen LogP contribution in [0.4, 0.5) is 18.9 Å². The molecule has 41 heavy (non-hydrogen) atoms. The molecule has 0 saturated carbocycles. The van der Waals surface area contributed by atoms with Crippen LogP contribution in [-0.4, -0.2) is 17.7 Å². The van der Waals surface area contributed by atoms with Gasteiger partial charge in [0.1, 0.15) is 0 Å². The van der Waals surface area contributed by atoms with E-state index in [0.29, 0.717) is 17.8 Å². The number of thiocarbonyl (C=S) groups is 1. The van der Waals surface area contributed by atoms with Crippen LogP contribution in [-0.2, 0) is 6.18 Å². The quantitative estimate of drug-likeness (QED) is 0.169. The summed E-state index contributed by atoms with van der Waals surface area (Å²) in [5.74, 6) is 0. The molecule has 0 bridgehead atoms. The van der Waals surface area contributed by atoms with E-state index in [1.54, 1.807) is 13.0 Å². The van der Waals surface area contributed by atoms with Gasteiger partial charge in [-0.3, -0.25) is 4.74 Å². The molecule has 0 heterocycles. The summed E-state index contributed by atoms with van der Waals surface area (Å²) in [4.78, 5) is 0. The van der Waals surface area contributed by atoms with Gasteiger partial charge in [-0.15, -0.1) is 0 Å². The summed E-state index contributed by atoms with van der Waals surface area (Å²) >= 11 is 5.61. The molecule has 4 aromatic rings. The molecule has 0 aliphatic rings. The van der Waals surface area contributed by atoms with Gasteiger partial charge in [0.25, 0.3) is 0 Å². The first-order chi connectivity index (χ1) is 19.4. The minimum atomic E-state index is -4.44. The molecule has 0 spiro atoms. The van der Waals surface area contributed by atoms with Crippen molar-refractivity contribution in [1.29, 1.82) is 0 Å². The van der Waals surface area contributed by atoms with Crippen LogP contribution >= 0.6 is 19.3 Å². The van der Waals surface area contributed by atoms with Gasteiger partial charge in [-0.1, -0.05) is 112 Å². The molecule has 8 heteroatoms. The van der Waals surface area contributed by atoms with Crippen molar-refractivity contribution in [1.82, 2.24) is 5.32 Å². The second-order valence-electron chi connectivity index (χ2n) is 11.1. The Kier molecular flexibility index (Phi) is 9.41. The molecule has 0 aromatic heterocycles. The van der Waals surface area contributed by atoms with E-state index >= 15 is 0 Å². The van der Waals surface area contributed by atoms with Crippen molar-refractivity contribution in [2.45, 2.75) is 39.9 Å². The lowest BCUT2D eigenvalue weighted by molar-refractivity contribution is -0.137. The fraction of sp³-hybridized carbons (Fsp3) is 0.242. The maximum Gasteiger partial charge on any atom is 0.416 e. The summed E-state index contributed by atoms with van der Waals surface area (Å²) in [6.45, 7) is 8.37. The maximum absolute atomic E-state index is 13.4. The standard InChI is InChI=1S/C33H35F3N3PS/c1-24-20-25(33(34,35)36)22-26(21-24)38-31(41)39-30(32(2,3)4)23-37-40(27-14-8-5-9-15-27,28-16-10-6-11-17-28)29-18-12-7-13-19-29/h5-22,30H,23H2,1-4H3,(H2,38,39,41)/t30-/m1/s1. The Labute approximate surface area is 246 Å². The molecule has 2 N–H and O–H groups in total. The average molecular weight is 594 g/mol. The van der Waals surface area contributed by atoms with Gasteiger partial charge in [-0.25, -0.2) is 0 Å². The fourth-order valence-corrected chi connectivity index (χ4v) is 8.57. The van der Waals surface area contributed by atoms with Gasteiger partial charge in [-0.2, -0.15) is 13.2 Å². The Bertz CT molecular complexity index is 1410. The van der Waals surface area contributed by atoms with E-state index in [0.717, 1.165) is 28.0 Å². The number of hydrogen-bond donors (Lipinski definition) is 2. The highest BCUT2D eigenvalue weighted by molar-refractivity contribution is 7.87. The number of alkyl halides is 3. The number of nitrogens with zero attached hydrogens (tertiary/aromatic N) is 1. The normalized spacial score (nSPS) is 12.9. The number of aryl methyl sites for hydroxylation is 1. The molecule has 0 amide bonds. The predicted octanol–water partition coefficient (Wildman–Crippen LogP) is 7.89. The van der Waals surface area contributed by atoms with Crippen molar-refractivity contribution in [3.8, 4) is 0 Å². The third-order valence-corrected chi connectivity index (χ3v) is 10.8. The van der Waals surface area contributed by atoms with Crippen LogP contribution in [0.3, 0.4) is 0 Å². The summed E-state index contributed by atoms with van der Waals surface area (Å²) in [6.07, 6.45) is -4.44. The molecular formula is C33H35F3N3PS. The minimum Gasteiger partial charge on any atom is -0.357 e. The van der Waals surface area contributed by atoms with E-state index < -0.39 is 18.8 Å². The molecule has 4 aromatic carbocycles. The van der Waals surface area contributed by atoms with E-state index in [1.165, 1.54) is 0 Å². The largest absolute Gasteiger partial charge is 0.416 e. The fourth-order valence-electron chi connectivity index (χ4n) is 4.71. The second kappa shape index (κ2) is 12.6. The van der Waals surface area contributed by atoms with Crippen LogP contribution in [0.25, 0.3) is 0 Å². The smallest absolute Gasteiger partial charge is 0.357 e. The SMILES string of the molecule is Cc1cc(NC(=S)N[C@H](CN=P(c2ccccc2)(c2ccccc2)c2ccccc2)C(C)(C)C)cc(C(F)(F)F)c1. The van der Waals surface area contributed by atoms with Gasteiger partial charge < -0.3 is 10.6 Å². The zero-order valence-electron chi connectivity index (χ0n) is 23.6. The van der Waals surface area contributed by atoms with E-state index in [9.17, 15) is 13.2 Å². The lowest BCUT2D eigenvalue weighted by Crippen LogP contribution is -2.47. The summed E-state index contributed by atoms with van der Waals surface area (Å²) in [6, 6.07) is 34.8. The number of benzene rings is 4. The lowest BCUT2D eigenvalue weighted by atomic mass is 9.87. The van der Waals surface area contributed by atoms with Gasteiger partial charge in [0.05, 0.1) is 25.2 Å². The van der Waals surface area contributed by atoms with E-state index in [-0.39, 0.29) is 16.6 Å². The number of rotatable bonds is 7. The summed E-state index contributed by atoms with van der Waals surface area (Å²) < 4.78 is 45.8. The number of hydrogen-bond acceptors (Lipinski definition) is 2. The number of nitrogens with one attached hydrogen (secondary N) is 2.